The minimum absolute atomic E-state index is 0.412. The predicted octanol–water partition coefficient (Wildman–Crippen LogP) is 3.60. The van der Waals surface area contributed by atoms with Crippen molar-refractivity contribution in [2.75, 3.05) is 5.73 Å². The minimum atomic E-state index is 0.412. The highest BCUT2D eigenvalue weighted by molar-refractivity contribution is 5.76. The van der Waals surface area contributed by atoms with Gasteiger partial charge in [0.2, 0.25) is 0 Å². The van der Waals surface area contributed by atoms with Crippen LogP contribution in [0, 0.1) is 5.41 Å². The quantitative estimate of drug-likeness (QED) is 0.651. The van der Waals surface area contributed by atoms with Crippen LogP contribution in [0.1, 0.15) is 44.2 Å². The van der Waals surface area contributed by atoms with Gasteiger partial charge in [-0.15, -0.1) is 0 Å². The van der Waals surface area contributed by atoms with Crippen molar-refractivity contribution in [3.05, 3.63) is 35.4 Å². The molecule has 0 saturated heterocycles. The lowest BCUT2D eigenvalue weighted by Gasteiger charge is -2.29. The molecular formula is C16H21NO. The van der Waals surface area contributed by atoms with Crippen molar-refractivity contribution in [1.29, 1.82) is 0 Å². The molecule has 0 radical (unpaired) electrons. The maximum absolute atomic E-state index is 10.5. The van der Waals surface area contributed by atoms with E-state index in [1.54, 1.807) is 0 Å². The summed E-state index contributed by atoms with van der Waals surface area (Å²) in [5, 5.41) is 0. The van der Waals surface area contributed by atoms with Crippen LogP contribution in [0.25, 0.3) is 5.57 Å². The molecule has 0 heterocycles. The molecule has 0 saturated carbocycles. The average Bonchev–Trinajstić information content (AvgIpc) is 2.31. The summed E-state index contributed by atoms with van der Waals surface area (Å²) >= 11 is 0. The van der Waals surface area contributed by atoms with Gasteiger partial charge in [-0.05, 0) is 41.9 Å². The third kappa shape index (κ3) is 2.81. The normalized spacial score (nSPS) is 18.2. The van der Waals surface area contributed by atoms with Gasteiger partial charge in [0, 0.05) is 17.7 Å². The lowest BCUT2D eigenvalue weighted by molar-refractivity contribution is -0.107. The van der Waals surface area contributed by atoms with E-state index in [9.17, 15) is 4.79 Å². The molecule has 1 aromatic rings. The SMILES string of the molecule is CC1(C)CC=C(c2ccc(CC=O)cc2N)CC1. The zero-order valence-corrected chi connectivity index (χ0v) is 11.2. The summed E-state index contributed by atoms with van der Waals surface area (Å²) in [6.45, 7) is 4.60. The van der Waals surface area contributed by atoms with Crippen molar-refractivity contribution < 1.29 is 4.79 Å². The molecule has 1 aliphatic rings. The number of carbonyl (C=O) groups is 1. The van der Waals surface area contributed by atoms with Gasteiger partial charge >= 0.3 is 0 Å². The first-order chi connectivity index (χ1) is 8.52. The molecule has 2 rings (SSSR count). The number of nitrogens with two attached hydrogens (primary N) is 1. The van der Waals surface area contributed by atoms with Gasteiger partial charge in [0.15, 0.2) is 0 Å². The van der Waals surface area contributed by atoms with E-state index in [0.717, 1.165) is 35.9 Å². The van der Waals surface area contributed by atoms with Gasteiger partial charge < -0.3 is 10.5 Å². The van der Waals surface area contributed by atoms with Crippen molar-refractivity contribution in [1.82, 2.24) is 0 Å². The van der Waals surface area contributed by atoms with E-state index in [0.29, 0.717) is 11.8 Å². The molecular weight excluding hydrogens is 222 g/mol. The first-order valence-corrected chi connectivity index (χ1v) is 6.53. The molecule has 0 aliphatic heterocycles. The average molecular weight is 243 g/mol. The van der Waals surface area contributed by atoms with Gasteiger partial charge in [0.25, 0.3) is 0 Å². The van der Waals surface area contributed by atoms with Crippen LogP contribution >= 0.6 is 0 Å². The second-order valence-electron chi connectivity index (χ2n) is 5.89. The molecule has 2 heteroatoms. The van der Waals surface area contributed by atoms with Crippen LogP contribution < -0.4 is 5.73 Å². The van der Waals surface area contributed by atoms with Crippen molar-refractivity contribution >= 4 is 17.5 Å². The number of allylic oxidation sites excluding steroid dienone is 2. The molecule has 0 atom stereocenters. The standard InChI is InChI=1S/C16H21NO/c1-16(2)8-5-13(6-9-16)14-4-3-12(7-10-18)11-15(14)17/h3-5,10-11H,6-9,17H2,1-2H3. The summed E-state index contributed by atoms with van der Waals surface area (Å²) in [6.07, 6.45) is 7.07. The highest BCUT2D eigenvalue weighted by Gasteiger charge is 2.22. The number of nitrogen functional groups attached to an aromatic ring is 1. The van der Waals surface area contributed by atoms with E-state index < -0.39 is 0 Å². The zero-order chi connectivity index (χ0) is 13.2. The first kappa shape index (κ1) is 12.9. The summed E-state index contributed by atoms with van der Waals surface area (Å²) in [5.41, 5.74) is 10.8. The van der Waals surface area contributed by atoms with Crippen LogP contribution in [0.3, 0.4) is 0 Å². The van der Waals surface area contributed by atoms with Gasteiger partial charge in [-0.1, -0.05) is 32.1 Å². The highest BCUT2D eigenvalue weighted by Crippen LogP contribution is 2.39. The third-order valence-corrected chi connectivity index (χ3v) is 3.75. The Hall–Kier alpha value is -1.57. The van der Waals surface area contributed by atoms with E-state index in [1.165, 1.54) is 12.0 Å². The molecule has 1 aromatic carbocycles. The highest BCUT2D eigenvalue weighted by atomic mass is 16.1. The van der Waals surface area contributed by atoms with Crippen LogP contribution in [-0.2, 0) is 11.2 Å². The van der Waals surface area contributed by atoms with Crippen LogP contribution in [0.4, 0.5) is 5.69 Å². The van der Waals surface area contributed by atoms with Crippen molar-refractivity contribution in [3.63, 3.8) is 0 Å². The van der Waals surface area contributed by atoms with Crippen molar-refractivity contribution in [2.24, 2.45) is 5.41 Å². The number of hydrogen-bond acceptors (Lipinski definition) is 2. The van der Waals surface area contributed by atoms with Gasteiger partial charge in [0.1, 0.15) is 6.29 Å². The zero-order valence-electron chi connectivity index (χ0n) is 11.2. The van der Waals surface area contributed by atoms with Gasteiger partial charge in [0.05, 0.1) is 0 Å². The largest absolute Gasteiger partial charge is 0.398 e. The van der Waals surface area contributed by atoms with Crippen LogP contribution in [0.2, 0.25) is 0 Å². The summed E-state index contributed by atoms with van der Waals surface area (Å²) in [6, 6.07) is 5.98. The Bertz CT molecular complexity index is 486. The molecule has 96 valence electrons. The Balaban J connectivity index is 2.24. The number of benzene rings is 1. The van der Waals surface area contributed by atoms with Gasteiger partial charge in [-0.3, -0.25) is 0 Å². The Morgan fingerprint density at radius 2 is 2.17 bits per heavy atom. The summed E-state index contributed by atoms with van der Waals surface area (Å²) in [5.74, 6) is 0. The van der Waals surface area contributed by atoms with Crippen molar-refractivity contribution in [2.45, 2.75) is 39.5 Å². The minimum Gasteiger partial charge on any atom is -0.398 e. The molecule has 0 unspecified atom stereocenters. The second-order valence-corrected chi connectivity index (χ2v) is 5.89. The summed E-state index contributed by atoms with van der Waals surface area (Å²) in [4.78, 5) is 10.5. The van der Waals surface area contributed by atoms with E-state index >= 15 is 0 Å². The van der Waals surface area contributed by atoms with Gasteiger partial charge in [-0.25, -0.2) is 0 Å². The molecule has 0 amide bonds. The molecule has 0 fully saturated rings. The number of hydrogen-bond donors (Lipinski definition) is 1. The lowest BCUT2D eigenvalue weighted by Crippen LogP contribution is -2.14. The van der Waals surface area contributed by atoms with E-state index in [1.807, 2.05) is 12.1 Å². The fraction of sp³-hybridized carbons (Fsp3) is 0.438. The number of rotatable bonds is 3. The summed E-state index contributed by atoms with van der Waals surface area (Å²) < 4.78 is 0. The second kappa shape index (κ2) is 4.97. The number of aldehydes is 1. The Kier molecular flexibility index (Phi) is 3.55. The Morgan fingerprint density at radius 3 is 2.72 bits per heavy atom. The van der Waals surface area contributed by atoms with E-state index in [-0.39, 0.29) is 0 Å². The monoisotopic (exact) mass is 243 g/mol. The van der Waals surface area contributed by atoms with Crippen LogP contribution in [0.15, 0.2) is 24.3 Å². The molecule has 1 aliphatic carbocycles. The smallest absolute Gasteiger partial charge is 0.124 e. The lowest BCUT2D eigenvalue weighted by atomic mass is 9.77. The summed E-state index contributed by atoms with van der Waals surface area (Å²) in [7, 11) is 0. The van der Waals surface area contributed by atoms with Crippen LogP contribution in [-0.4, -0.2) is 6.29 Å². The molecule has 0 spiro atoms. The molecule has 0 aromatic heterocycles. The first-order valence-electron chi connectivity index (χ1n) is 6.53. The fourth-order valence-corrected chi connectivity index (χ4v) is 2.45. The fourth-order valence-electron chi connectivity index (χ4n) is 2.45. The number of anilines is 1. The topological polar surface area (TPSA) is 43.1 Å². The Labute approximate surface area is 109 Å². The van der Waals surface area contributed by atoms with Gasteiger partial charge in [-0.2, -0.15) is 0 Å². The van der Waals surface area contributed by atoms with E-state index in [2.05, 4.69) is 26.0 Å². The maximum atomic E-state index is 10.5. The molecule has 18 heavy (non-hydrogen) atoms. The van der Waals surface area contributed by atoms with Crippen LogP contribution in [0.5, 0.6) is 0 Å². The van der Waals surface area contributed by atoms with E-state index in [4.69, 9.17) is 5.73 Å². The number of carbonyl (C=O) groups excluding carboxylic acids is 1. The third-order valence-electron chi connectivity index (χ3n) is 3.75. The predicted molar refractivity (Wildman–Crippen MR) is 76.2 cm³/mol. The maximum Gasteiger partial charge on any atom is 0.124 e. The van der Waals surface area contributed by atoms with Crippen molar-refractivity contribution in [3.8, 4) is 0 Å². The molecule has 0 bridgehead atoms. The molecule has 2 N–H and O–H groups in total. The molecule has 2 nitrogen and oxygen atoms in total. The Morgan fingerprint density at radius 1 is 1.39 bits per heavy atom.